The van der Waals surface area contributed by atoms with Crippen LogP contribution in [0.1, 0.15) is 48.0 Å². The number of anilines is 1. The Balaban J connectivity index is 1.79. The van der Waals surface area contributed by atoms with Gasteiger partial charge in [-0.15, -0.1) is 0 Å². The van der Waals surface area contributed by atoms with Crippen molar-refractivity contribution in [1.82, 2.24) is 4.90 Å². The number of carbonyl (C=O) groups excluding carboxylic acids is 1. The molecule has 1 amide bonds. The summed E-state index contributed by atoms with van der Waals surface area (Å²) in [6.45, 7) is 4.76. The molecule has 2 N–H and O–H groups in total. The molecule has 8 heteroatoms. The highest BCUT2D eigenvalue weighted by Gasteiger charge is 2.46. The highest BCUT2D eigenvalue weighted by molar-refractivity contribution is 6.54. The van der Waals surface area contributed by atoms with Crippen molar-refractivity contribution >= 4 is 18.6 Å². The third-order valence-corrected chi connectivity index (χ3v) is 5.82. The molecule has 2 fully saturated rings. The minimum absolute atomic E-state index is 0.0723. The predicted octanol–water partition coefficient (Wildman–Crippen LogP) is 2.10. The molecule has 1 aromatic rings. The topological polar surface area (TPSA) is 82.5 Å². The zero-order chi connectivity index (χ0) is 19.1. The summed E-state index contributed by atoms with van der Waals surface area (Å²) in [5, 5.41) is 20.9. The summed E-state index contributed by atoms with van der Waals surface area (Å²) in [6, 6.07) is 3.11. The Kier molecular flexibility index (Phi) is 5.05. The first-order valence-corrected chi connectivity index (χ1v) is 9.85. The molecule has 1 unspecified atom stereocenters. The molecule has 1 aromatic carbocycles. The van der Waals surface area contributed by atoms with Crippen molar-refractivity contribution in [3.63, 3.8) is 0 Å². The molecular formula is C19H27BN2O5. The lowest BCUT2D eigenvalue weighted by Gasteiger charge is -2.40. The minimum Gasteiger partial charge on any atom is -0.508 e. The van der Waals surface area contributed by atoms with Crippen molar-refractivity contribution in [1.29, 1.82) is 0 Å². The van der Waals surface area contributed by atoms with Crippen LogP contribution in [0.25, 0.3) is 0 Å². The van der Waals surface area contributed by atoms with Crippen molar-refractivity contribution in [2.75, 3.05) is 18.0 Å². The smallest absolute Gasteiger partial charge is 0.411 e. The van der Waals surface area contributed by atoms with Gasteiger partial charge in [-0.05, 0) is 57.5 Å². The van der Waals surface area contributed by atoms with Crippen LogP contribution in [0.3, 0.4) is 0 Å². The lowest BCUT2D eigenvalue weighted by molar-refractivity contribution is -0.194. The molecule has 3 aliphatic rings. The van der Waals surface area contributed by atoms with E-state index in [0.717, 1.165) is 32.1 Å². The molecule has 27 heavy (non-hydrogen) atoms. The fourth-order valence-electron chi connectivity index (χ4n) is 4.43. The molecule has 3 atom stereocenters. The molecule has 2 saturated heterocycles. The Morgan fingerprint density at radius 1 is 1.26 bits per heavy atom. The standard InChI is InChI=1S/C19H27BN2O5/c1-12-10-13-15(11-16(12)23)22(20(2)25)19(27-17-7-3-4-9-26-17)14-6-5-8-21(14)18(13)24/h10-11,14,17,19,23,25H,3-9H2,1-2H3/t14-,17?,19-/m0/s1. The molecule has 0 bridgehead atoms. The Hall–Kier alpha value is -1.77. The SMILES string of the molecule is CB(O)N1c2cc(O)c(C)cc2C(=O)N2CCC[C@H]2[C@@H]1OC1CCCCO1. The Morgan fingerprint density at radius 3 is 2.78 bits per heavy atom. The highest BCUT2D eigenvalue weighted by Crippen LogP contribution is 2.39. The van der Waals surface area contributed by atoms with E-state index >= 15 is 0 Å². The molecule has 3 heterocycles. The first-order valence-electron chi connectivity index (χ1n) is 9.85. The summed E-state index contributed by atoms with van der Waals surface area (Å²) in [7, 11) is -0.882. The number of phenolic OH excluding ortho intramolecular Hbond substituents is 1. The number of hydrogen-bond acceptors (Lipinski definition) is 6. The summed E-state index contributed by atoms with van der Waals surface area (Å²) < 4.78 is 12.1. The summed E-state index contributed by atoms with van der Waals surface area (Å²) in [5.74, 6) is 0.0267. The lowest BCUT2D eigenvalue weighted by Crippen LogP contribution is -2.56. The molecule has 4 rings (SSSR count). The van der Waals surface area contributed by atoms with E-state index in [9.17, 15) is 14.9 Å². The van der Waals surface area contributed by atoms with Crippen LogP contribution < -0.4 is 4.81 Å². The monoisotopic (exact) mass is 374 g/mol. The Morgan fingerprint density at radius 2 is 2.07 bits per heavy atom. The third-order valence-electron chi connectivity index (χ3n) is 5.82. The van der Waals surface area contributed by atoms with Gasteiger partial charge in [-0.1, -0.05) is 0 Å². The maximum atomic E-state index is 13.2. The van der Waals surface area contributed by atoms with Crippen molar-refractivity contribution in [3.8, 4) is 5.75 Å². The van der Waals surface area contributed by atoms with Gasteiger partial charge in [0.2, 0.25) is 0 Å². The second-order valence-electron chi connectivity index (χ2n) is 7.73. The second-order valence-corrected chi connectivity index (χ2v) is 7.73. The number of nitrogens with zero attached hydrogens (tertiary/aromatic N) is 2. The molecule has 0 aliphatic carbocycles. The van der Waals surface area contributed by atoms with Crippen LogP contribution in [0.4, 0.5) is 5.69 Å². The van der Waals surface area contributed by atoms with Gasteiger partial charge in [0, 0.05) is 24.9 Å². The minimum atomic E-state index is -0.882. The summed E-state index contributed by atoms with van der Waals surface area (Å²) >= 11 is 0. The maximum absolute atomic E-state index is 13.2. The van der Waals surface area contributed by atoms with Gasteiger partial charge in [-0.2, -0.15) is 0 Å². The van der Waals surface area contributed by atoms with Gasteiger partial charge in [0.15, 0.2) is 6.29 Å². The largest absolute Gasteiger partial charge is 0.508 e. The van der Waals surface area contributed by atoms with Gasteiger partial charge < -0.3 is 29.3 Å². The zero-order valence-corrected chi connectivity index (χ0v) is 15.9. The first-order chi connectivity index (χ1) is 13.0. The number of fused-ring (bicyclic) bond motifs is 2. The lowest BCUT2D eigenvalue weighted by atomic mass is 9.82. The van der Waals surface area contributed by atoms with Gasteiger partial charge in [0.25, 0.3) is 5.91 Å². The van der Waals surface area contributed by atoms with Crippen LogP contribution in [0, 0.1) is 6.92 Å². The van der Waals surface area contributed by atoms with Crippen LogP contribution in [-0.2, 0) is 9.47 Å². The number of rotatable bonds is 3. The number of carbonyl (C=O) groups is 1. The molecule has 0 saturated carbocycles. The molecule has 0 aromatic heterocycles. The van der Waals surface area contributed by atoms with E-state index in [0.29, 0.717) is 30.0 Å². The van der Waals surface area contributed by atoms with Gasteiger partial charge in [0.05, 0.1) is 11.6 Å². The van der Waals surface area contributed by atoms with E-state index in [1.54, 1.807) is 30.7 Å². The molecular weight excluding hydrogens is 347 g/mol. The number of amides is 1. The fourth-order valence-corrected chi connectivity index (χ4v) is 4.43. The number of phenols is 1. The molecule has 0 radical (unpaired) electrons. The molecule has 7 nitrogen and oxygen atoms in total. The van der Waals surface area contributed by atoms with E-state index in [1.807, 2.05) is 4.90 Å². The number of hydrogen-bond donors (Lipinski definition) is 2. The molecule has 0 spiro atoms. The predicted molar refractivity (Wildman–Crippen MR) is 102 cm³/mol. The highest BCUT2D eigenvalue weighted by atomic mass is 16.7. The normalized spacial score (nSPS) is 28.0. The summed E-state index contributed by atoms with van der Waals surface area (Å²) in [5.41, 5.74) is 1.64. The van der Waals surface area contributed by atoms with E-state index < -0.39 is 13.3 Å². The van der Waals surface area contributed by atoms with Crippen LogP contribution in [0.5, 0.6) is 5.75 Å². The number of ether oxygens (including phenoxy) is 2. The van der Waals surface area contributed by atoms with Crippen molar-refractivity contribution < 1.29 is 24.4 Å². The maximum Gasteiger partial charge on any atom is 0.411 e. The number of aromatic hydroxyl groups is 1. The van der Waals surface area contributed by atoms with Gasteiger partial charge >= 0.3 is 7.05 Å². The molecule has 3 aliphatic heterocycles. The third kappa shape index (κ3) is 3.30. The average molecular weight is 374 g/mol. The number of benzene rings is 1. The van der Waals surface area contributed by atoms with E-state index in [2.05, 4.69) is 0 Å². The van der Waals surface area contributed by atoms with E-state index in [4.69, 9.17) is 9.47 Å². The fraction of sp³-hybridized carbons (Fsp3) is 0.632. The molecule has 146 valence electrons. The van der Waals surface area contributed by atoms with Crippen LogP contribution >= 0.6 is 0 Å². The van der Waals surface area contributed by atoms with Gasteiger partial charge in [-0.25, -0.2) is 0 Å². The Labute approximate surface area is 160 Å². The van der Waals surface area contributed by atoms with Crippen molar-refractivity contribution in [2.45, 2.75) is 64.4 Å². The van der Waals surface area contributed by atoms with Gasteiger partial charge in [-0.3, -0.25) is 4.79 Å². The summed E-state index contributed by atoms with van der Waals surface area (Å²) in [4.78, 5) is 16.8. The Bertz CT molecular complexity index is 722. The van der Waals surface area contributed by atoms with E-state index in [1.165, 1.54) is 0 Å². The average Bonchev–Trinajstić information content (AvgIpc) is 3.10. The van der Waals surface area contributed by atoms with Crippen LogP contribution in [0.15, 0.2) is 12.1 Å². The van der Waals surface area contributed by atoms with E-state index in [-0.39, 0.29) is 24.0 Å². The zero-order valence-electron chi connectivity index (χ0n) is 15.9. The van der Waals surface area contributed by atoms with Crippen molar-refractivity contribution in [3.05, 3.63) is 23.3 Å². The van der Waals surface area contributed by atoms with Crippen LogP contribution in [-0.4, -0.2) is 59.7 Å². The quantitative estimate of drug-likeness (QED) is 0.789. The summed E-state index contributed by atoms with van der Waals surface area (Å²) in [6.07, 6.45) is 3.71. The first kappa shape index (κ1) is 18.6. The number of aryl methyl sites for hydroxylation is 1. The van der Waals surface area contributed by atoms with Crippen LogP contribution in [0.2, 0.25) is 6.82 Å². The van der Waals surface area contributed by atoms with Gasteiger partial charge in [0.1, 0.15) is 12.0 Å². The second kappa shape index (κ2) is 7.33. The van der Waals surface area contributed by atoms with Crippen molar-refractivity contribution in [2.24, 2.45) is 0 Å².